The molecule has 2 aromatic carbocycles. The number of hydrogen-bond donors (Lipinski definition) is 1. The van der Waals surface area contributed by atoms with E-state index in [1.54, 1.807) is 0 Å². The second-order valence-corrected chi connectivity index (χ2v) is 7.28. The molecule has 142 valence electrons. The summed E-state index contributed by atoms with van der Waals surface area (Å²) in [4.78, 5) is 6.79. The smallest absolute Gasteiger partial charge is 0.206 e. The molecule has 1 N–H and O–H groups in total. The Labute approximate surface area is 163 Å². The zero-order valence-electron chi connectivity index (χ0n) is 15.5. The van der Waals surface area contributed by atoms with Crippen LogP contribution in [0.25, 0.3) is 11.0 Å². The standard InChI is InChI=1S/C20H23ClN4O2/c1-24(2)20-23-18-8-5-15(22-16-12-26-13-16)11-19(18)25(20)9-10-27-17-6-3-14(21)4-7-17/h3-8,11,16,22H,9-10,12-13H2,1-2H3. The molecule has 6 nitrogen and oxygen atoms in total. The van der Waals surface area contributed by atoms with Gasteiger partial charge >= 0.3 is 0 Å². The van der Waals surface area contributed by atoms with Crippen LogP contribution in [0.3, 0.4) is 0 Å². The minimum Gasteiger partial charge on any atom is -0.492 e. The van der Waals surface area contributed by atoms with E-state index in [9.17, 15) is 0 Å². The molecule has 1 aliphatic rings. The number of nitrogens with one attached hydrogen (secondary N) is 1. The van der Waals surface area contributed by atoms with Crippen LogP contribution in [-0.2, 0) is 11.3 Å². The number of ether oxygens (including phenoxy) is 2. The van der Waals surface area contributed by atoms with Crippen molar-refractivity contribution in [1.82, 2.24) is 9.55 Å². The molecule has 1 aliphatic heterocycles. The first-order valence-electron chi connectivity index (χ1n) is 9.00. The molecule has 1 saturated heterocycles. The van der Waals surface area contributed by atoms with Gasteiger partial charge in [-0.25, -0.2) is 4.98 Å². The van der Waals surface area contributed by atoms with Gasteiger partial charge in [-0.1, -0.05) is 11.6 Å². The van der Waals surface area contributed by atoms with Crippen molar-refractivity contribution >= 4 is 34.3 Å². The maximum absolute atomic E-state index is 5.93. The van der Waals surface area contributed by atoms with Crippen LogP contribution in [0, 0.1) is 0 Å². The van der Waals surface area contributed by atoms with Gasteiger partial charge in [0.2, 0.25) is 5.95 Å². The van der Waals surface area contributed by atoms with Gasteiger partial charge in [0.25, 0.3) is 0 Å². The lowest BCUT2D eigenvalue weighted by Gasteiger charge is -2.27. The summed E-state index contributed by atoms with van der Waals surface area (Å²) < 4.78 is 13.3. The highest BCUT2D eigenvalue weighted by Crippen LogP contribution is 2.26. The van der Waals surface area contributed by atoms with Gasteiger partial charge < -0.3 is 24.3 Å². The van der Waals surface area contributed by atoms with E-state index >= 15 is 0 Å². The Morgan fingerprint density at radius 2 is 2.00 bits per heavy atom. The van der Waals surface area contributed by atoms with Crippen LogP contribution < -0.4 is 15.0 Å². The number of imidazole rings is 1. The minimum absolute atomic E-state index is 0.389. The molecular weight excluding hydrogens is 364 g/mol. The molecule has 0 radical (unpaired) electrons. The maximum Gasteiger partial charge on any atom is 0.206 e. The van der Waals surface area contributed by atoms with Crippen LogP contribution in [-0.4, -0.2) is 49.5 Å². The van der Waals surface area contributed by atoms with Crippen LogP contribution in [0.15, 0.2) is 42.5 Å². The van der Waals surface area contributed by atoms with Crippen molar-refractivity contribution in [1.29, 1.82) is 0 Å². The van der Waals surface area contributed by atoms with E-state index in [4.69, 9.17) is 26.1 Å². The van der Waals surface area contributed by atoms with Crippen LogP contribution >= 0.6 is 11.6 Å². The number of hydrogen-bond acceptors (Lipinski definition) is 5. The normalized spacial score (nSPS) is 14.2. The molecule has 0 unspecified atom stereocenters. The predicted molar refractivity (Wildman–Crippen MR) is 109 cm³/mol. The third-order valence-electron chi connectivity index (χ3n) is 4.53. The highest BCUT2D eigenvalue weighted by atomic mass is 35.5. The molecule has 4 rings (SSSR count). The summed E-state index contributed by atoms with van der Waals surface area (Å²) >= 11 is 5.93. The zero-order valence-corrected chi connectivity index (χ0v) is 16.2. The average Bonchev–Trinajstić information content (AvgIpc) is 2.98. The Balaban J connectivity index is 1.55. The summed E-state index contributed by atoms with van der Waals surface area (Å²) in [5.74, 6) is 1.72. The Hall–Kier alpha value is -2.44. The molecule has 0 spiro atoms. The van der Waals surface area contributed by atoms with Crippen LogP contribution in [0.2, 0.25) is 5.02 Å². The van der Waals surface area contributed by atoms with E-state index in [-0.39, 0.29) is 0 Å². The monoisotopic (exact) mass is 386 g/mol. The first kappa shape index (κ1) is 17.9. The fourth-order valence-electron chi connectivity index (χ4n) is 3.10. The Kier molecular flexibility index (Phi) is 5.09. The van der Waals surface area contributed by atoms with Gasteiger partial charge in [-0.2, -0.15) is 0 Å². The molecule has 0 atom stereocenters. The molecule has 1 aromatic heterocycles. The van der Waals surface area contributed by atoms with E-state index in [1.807, 2.05) is 43.3 Å². The first-order valence-corrected chi connectivity index (χ1v) is 9.38. The van der Waals surface area contributed by atoms with Gasteiger partial charge in [0.15, 0.2) is 0 Å². The highest BCUT2D eigenvalue weighted by molar-refractivity contribution is 6.30. The molecule has 27 heavy (non-hydrogen) atoms. The number of fused-ring (bicyclic) bond motifs is 1. The van der Waals surface area contributed by atoms with E-state index in [0.29, 0.717) is 24.2 Å². The van der Waals surface area contributed by atoms with Gasteiger partial charge in [-0.05, 0) is 42.5 Å². The molecule has 0 amide bonds. The molecule has 0 aliphatic carbocycles. The van der Waals surface area contributed by atoms with E-state index in [0.717, 1.165) is 41.6 Å². The van der Waals surface area contributed by atoms with Crippen molar-refractivity contribution in [2.75, 3.05) is 44.1 Å². The number of halogens is 1. The lowest BCUT2D eigenvalue weighted by Crippen LogP contribution is -2.40. The lowest BCUT2D eigenvalue weighted by molar-refractivity contribution is 0.0211. The third-order valence-corrected chi connectivity index (χ3v) is 4.79. The number of anilines is 2. The van der Waals surface area contributed by atoms with Gasteiger partial charge in [-0.15, -0.1) is 0 Å². The molecule has 0 saturated carbocycles. The molecular formula is C20H23ClN4O2. The second-order valence-electron chi connectivity index (χ2n) is 6.84. The van der Waals surface area contributed by atoms with Crippen molar-refractivity contribution in [2.45, 2.75) is 12.6 Å². The zero-order chi connectivity index (χ0) is 18.8. The van der Waals surface area contributed by atoms with Crippen molar-refractivity contribution < 1.29 is 9.47 Å². The SMILES string of the molecule is CN(C)c1nc2ccc(NC3COC3)cc2n1CCOc1ccc(Cl)cc1. The molecule has 1 fully saturated rings. The number of rotatable bonds is 7. The van der Waals surface area contributed by atoms with Crippen LogP contribution in [0.1, 0.15) is 0 Å². The molecule has 3 aromatic rings. The fourth-order valence-corrected chi connectivity index (χ4v) is 3.23. The summed E-state index contributed by atoms with van der Waals surface area (Å²) in [5, 5.41) is 4.20. The van der Waals surface area contributed by atoms with Crippen molar-refractivity contribution in [2.24, 2.45) is 0 Å². The minimum atomic E-state index is 0.389. The third kappa shape index (κ3) is 3.96. The average molecular weight is 387 g/mol. The summed E-state index contributed by atoms with van der Waals surface area (Å²) in [7, 11) is 4.01. The molecule has 2 heterocycles. The van der Waals surface area contributed by atoms with Gasteiger partial charge in [0.05, 0.1) is 36.8 Å². The Bertz CT molecular complexity index is 920. The summed E-state index contributed by atoms with van der Waals surface area (Å²) in [5.41, 5.74) is 3.14. The number of aromatic nitrogens is 2. The first-order chi connectivity index (χ1) is 13.1. The summed E-state index contributed by atoms with van der Waals surface area (Å²) in [6.07, 6.45) is 0. The van der Waals surface area contributed by atoms with Crippen LogP contribution in [0.5, 0.6) is 5.75 Å². The second kappa shape index (κ2) is 7.66. The number of nitrogens with zero attached hydrogens (tertiary/aromatic N) is 3. The lowest BCUT2D eigenvalue weighted by atomic mass is 10.2. The topological polar surface area (TPSA) is 51.5 Å². The van der Waals surface area contributed by atoms with Gasteiger partial charge in [0, 0.05) is 24.8 Å². The summed E-state index contributed by atoms with van der Waals surface area (Å²) in [6.45, 7) is 2.76. The van der Waals surface area contributed by atoms with Gasteiger partial charge in [0.1, 0.15) is 12.4 Å². The quantitative estimate of drug-likeness (QED) is 0.671. The van der Waals surface area contributed by atoms with E-state index in [1.165, 1.54) is 0 Å². The Morgan fingerprint density at radius 1 is 1.22 bits per heavy atom. The largest absolute Gasteiger partial charge is 0.492 e. The predicted octanol–water partition coefficient (Wildman–Crippen LogP) is 3.65. The molecule has 7 heteroatoms. The molecule has 0 bridgehead atoms. The van der Waals surface area contributed by atoms with Gasteiger partial charge in [-0.3, -0.25) is 0 Å². The van der Waals surface area contributed by atoms with E-state index in [2.05, 4.69) is 28.1 Å². The fraction of sp³-hybridized carbons (Fsp3) is 0.350. The van der Waals surface area contributed by atoms with Crippen molar-refractivity contribution in [3.05, 3.63) is 47.5 Å². The number of benzene rings is 2. The maximum atomic E-state index is 5.93. The van der Waals surface area contributed by atoms with Crippen molar-refractivity contribution in [3.63, 3.8) is 0 Å². The highest BCUT2D eigenvalue weighted by Gasteiger charge is 2.19. The Morgan fingerprint density at radius 3 is 2.67 bits per heavy atom. The van der Waals surface area contributed by atoms with E-state index < -0.39 is 0 Å². The van der Waals surface area contributed by atoms with Crippen LogP contribution in [0.4, 0.5) is 11.6 Å². The summed E-state index contributed by atoms with van der Waals surface area (Å²) in [6, 6.07) is 14.1. The van der Waals surface area contributed by atoms with Crippen molar-refractivity contribution in [3.8, 4) is 5.75 Å².